The highest BCUT2D eigenvalue weighted by Gasteiger charge is 2.22. The molecule has 1 amide bonds. The lowest BCUT2D eigenvalue weighted by Gasteiger charge is -2.07. The van der Waals surface area contributed by atoms with Crippen LogP contribution in [-0.2, 0) is 11.2 Å². The number of anilines is 1. The Kier molecular flexibility index (Phi) is 5.55. The van der Waals surface area contributed by atoms with Gasteiger partial charge in [-0.3, -0.25) is 10.1 Å². The Morgan fingerprint density at radius 3 is 2.69 bits per heavy atom. The Morgan fingerprint density at radius 2 is 1.93 bits per heavy atom. The van der Waals surface area contributed by atoms with Crippen LogP contribution in [0.1, 0.15) is 5.56 Å². The highest BCUT2D eigenvalue weighted by molar-refractivity contribution is 6.31. The van der Waals surface area contributed by atoms with Crippen molar-refractivity contribution in [2.24, 2.45) is 0 Å². The topological polar surface area (TPSA) is 80.9 Å². The smallest absolute Gasteiger partial charge is 0.241 e. The van der Waals surface area contributed by atoms with Crippen molar-refractivity contribution in [3.05, 3.63) is 82.7 Å². The molecule has 0 aliphatic rings. The predicted molar refractivity (Wildman–Crippen MR) is 112 cm³/mol. The lowest BCUT2D eigenvalue weighted by Crippen LogP contribution is -2.14. The summed E-state index contributed by atoms with van der Waals surface area (Å²) in [5.41, 5.74) is 3.07. The van der Waals surface area contributed by atoms with Crippen molar-refractivity contribution in [3.8, 4) is 22.5 Å². The number of rotatable bonds is 5. The maximum atomic E-state index is 12.6. The van der Waals surface area contributed by atoms with Crippen LogP contribution in [0.5, 0.6) is 0 Å². The molecule has 2 aromatic carbocycles. The number of halogens is 2. The molecule has 29 heavy (non-hydrogen) atoms. The number of nitrogens with zero attached hydrogens (tertiary/aromatic N) is 3. The average Bonchev–Trinajstić information content (AvgIpc) is 3.14. The van der Waals surface area contributed by atoms with Gasteiger partial charge in [0.15, 0.2) is 0 Å². The summed E-state index contributed by atoms with van der Waals surface area (Å²) in [6, 6.07) is 16.1. The number of nitrogens with one attached hydrogen (secondary N) is 1. The van der Waals surface area contributed by atoms with Crippen molar-refractivity contribution < 1.29 is 9.32 Å². The lowest BCUT2D eigenvalue weighted by molar-refractivity contribution is -0.115. The molecule has 4 rings (SSSR count). The molecule has 0 aliphatic carbocycles. The van der Waals surface area contributed by atoms with E-state index in [1.54, 1.807) is 36.5 Å². The van der Waals surface area contributed by atoms with Gasteiger partial charge in [-0.1, -0.05) is 58.7 Å². The molecule has 1 N–H and O–H groups in total. The molecule has 0 saturated heterocycles. The van der Waals surface area contributed by atoms with E-state index >= 15 is 0 Å². The summed E-state index contributed by atoms with van der Waals surface area (Å²) < 4.78 is 5.46. The number of benzene rings is 2. The van der Waals surface area contributed by atoms with E-state index in [2.05, 4.69) is 20.4 Å². The Morgan fingerprint density at radius 1 is 1.07 bits per heavy atom. The van der Waals surface area contributed by atoms with Gasteiger partial charge in [0, 0.05) is 21.8 Å². The van der Waals surface area contributed by atoms with Crippen molar-refractivity contribution in [2.45, 2.75) is 6.42 Å². The summed E-state index contributed by atoms with van der Waals surface area (Å²) in [6.07, 6.45) is 3.11. The summed E-state index contributed by atoms with van der Waals surface area (Å²) in [5.74, 6) is -0.0991. The van der Waals surface area contributed by atoms with Crippen molar-refractivity contribution in [3.63, 3.8) is 0 Å². The molecular weight excluding hydrogens is 411 g/mol. The van der Waals surface area contributed by atoms with Crippen LogP contribution in [0.2, 0.25) is 10.0 Å². The molecule has 0 radical (unpaired) electrons. The highest BCUT2D eigenvalue weighted by Crippen LogP contribution is 2.37. The maximum Gasteiger partial charge on any atom is 0.241 e. The largest absolute Gasteiger partial charge is 0.337 e. The fraction of sp³-hybridized carbons (Fsp3) is 0.0476. The molecule has 0 unspecified atom stereocenters. The standard InChI is InChI=1S/C21H14Cl2N4O2/c22-15-6-3-5-14(10-15)20-19(17-8-9-24-12-25-17)21(29-27-20)26-18(28)11-13-4-1-2-7-16(13)23/h1-10,12H,11H2,(H,26,28). The molecule has 0 atom stereocenters. The van der Waals surface area contributed by atoms with Gasteiger partial charge >= 0.3 is 0 Å². The van der Waals surface area contributed by atoms with E-state index in [4.69, 9.17) is 27.7 Å². The molecule has 2 heterocycles. The van der Waals surface area contributed by atoms with E-state index < -0.39 is 0 Å². The molecule has 0 saturated carbocycles. The van der Waals surface area contributed by atoms with Crippen LogP contribution in [0.3, 0.4) is 0 Å². The molecule has 0 spiro atoms. The van der Waals surface area contributed by atoms with Crippen molar-refractivity contribution in [1.29, 1.82) is 0 Å². The highest BCUT2D eigenvalue weighted by atomic mass is 35.5. The Bertz CT molecular complexity index is 1160. The maximum absolute atomic E-state index is 12.6. The SMILES string of the molecule is O=C(Cc1ccccc1Cl)Nc1onc(-c2cccc(Cl)c2)c1-c1ccncn1. The van der Waals surface area contributed by atoms with Crippen LogP contribution in [0.15, 0.2) is 71.6 Å². The number of carbonyl (C=O) groups excluding carboxylic acids is 1. The Balaban J connectivity index is 1.70. The summed E-state index contributed by atoms with van der Waals surface area (Å²) in [5, 5.41) is 8.00. The first-order valence-electron chi connectivity index (χ1n) is 8.67. The van der Waals surface area contributed by atoms with Crippen LogP contribution in [-0.4, -0.2) is 21.0 Å². The van der Waals surface area contributed by atoms with Gasteiger partial charge < -0.3 is 4.52 Å². The fourth-order valence-electron chi connectivity index (χ4n) is 2.87. The third-order valence-corrected chi connectivity index (χ3v) is 4.79. The molecule has 0 aliphatic heterocycles. The average molecular weight is 425 g/mol. The van der Waals surface area contributed by atoms with Gasteiger partial charge in [-0.25, -0.2) is 9.97 Å². The van der Waals surface area contributed by atoms with Gasteiger partial charge in [0.1, 0.15) is 12.0 Å². The minimum atomic E-state index is -0.290. The number of hydrogen-bond donors (Lipinski definition) is 1. The zero-order valence-corrected chi connectivity index (χ0v) is 16.5. The monoisotopic (exact) mass is 424 g/mol. The first kappa shape index (κ1) is 19.1. The van der Waals surface area contributed by atoms with Crippen molar-refractivity contribution in [2.75, 3.05) is 5.32 Å². The summed E-state index contributed by atoms with van der Waals surface area (Å²) in [6.45, 7) is 0. The molecule has 0 fully saturated rings. The first-order chi connectivity index (χ1) is 14.1. The molecule has 0 bridgehead atoms. The molecule has 6 nitrogen and oxygen atoms in total. The summed E-state index contributed by atoms with van der Waals surface area (Å²) >= 11 is 12.3. The molecule has 4 aromatic rings. The van der Waals surface area contributed by atoms with Crippen LogP contribution >= 0.6 is 23.2 Å². The third-order valence-electron chi connectivity index (χ3n) is 4.19. The normalized spacial score (nSPS) is 10.7. The van der Waals surface area contributed by atoms with Gasteiger partial charge in [-0.05, 0) is 29.8 Å². The first-order valence-corrected chi connectivity index (χ1v) is 9.42. The number of aromatic nitrogens is 3. The van der Waals surface area contributed by atoms with Gasteiger partial charge in [0.05, 0.1) is 17.7 Å². The number of amides is 1. The van der Waals surface area contributed by atoms with Gasteiger partial charge in [0.25, 0.3) is 0 Å². The Hall–Kier alpha value is -3.22. The van der Waals surface area contributed by atoms with Crippen molar-refractivity contribution in [1.82, 2.24) is 15.1 Å². The van der Waals surface area contributed by atoms with Crippen molar-refractivity contribution >= 4 is 35.0 Å². The zero-order valence-electron chi connectivity index (χ0n) is 15.0. The van der Waals surface area contributed by atoms with E-state index in [1.807, 2.05) is 24.3 Å². The van der Waals surface area contributed by atoms with Crippen LogP contribution in [0.4, 0.5) is 5.88 Å². The second-order valence-corrected chi connectivity index (χ2v) is 7.00. The van der Waals surface area contributed by atoms with E-state index in [9.17, 15) is 4.79 Å². The number of hydrogen-bond acceptors (Lipinski definition) is 5. The second-order valence-electron chi connectivity index (χ2n) is 6.16. The molecular formula is C21H14Cl2N4O2. The molecule has 2 aromatic heterocycles. The summed E-state index contributed by atoms with van der Waals surface area (Å²) in [7, 11) is 0. The minimum absolute atomic E-state index is 0.0933. The zero-order chi connectivity index (χ0) is 20.2. The quantitative estimate of drug-likeness (QED) is 0.470. The third kappa shape index (κ3) is 4.29. The lowest BCUT2D eigenvalue weighted by atomic mass is 10.0. The van der Waals surface area contributed by atoms with E-state index in [0.29, 0.717) is 32.6 Å². The summed E-state index contributed by atoms with van der Waals surface area (Å²) in [4.78, 5) is 20.8. The molecule has 8 heteroatoms. The number of carbonyl (C=O) groups is 1. The van der Waals surface area contributed by atoms with E-state index in [-0.39, 0.29) is 18.2 Å². The van der Waals surface area contributed by atoms with E-state index in [0.717, 1.165) is 5.56 Å². The predicted octanol–water partition coefficient (Wildman–Crippen LogP) is 5.29. The van der Waals surface area contributed by atoms with Crippen LogP contribution < -0.4 is 5.32 Å². The second kappa shape index (κ2) is 8.43. The van der Waals surface area contributed by atoms with Gasteiger partial charge in [-0.15, -0.1) is 0 Å². The van der Waals surface area contributed by atoms with Crippen LogP contribution in [0, 0.1) is 0 Å². The molecule has 144 valence electrons. The Labute approximate surface area is 176 Å². The van der Waals surface area contributed by atoms with Crippen LogP contribution in [0.25, 0.3) is 22.5 Å². The minimum Gasteiger partial charge on any atom is -0.337 e. The van der Waals surface area contributed by atoms with Gasteiger partial charge in [-0.2, -0.15) is 0 Å². The van der Waals surface area contributed by atoms with E-state index in [1.165, 1.54) is 6.33 Å². The van der Waals surface area contributed by atoms with Gasteiger partial charge in [0.2, 0.25) is 11.8 Å². The fourth-order valence-corrected chi connectivity index (χ4v) is 3.26.